The number of carbonyl (C=O) groups is 1. The number of benzene rings is 1. The number of carboxylic acid groups (broad SMARTS) is 1. The third-order valence-corrected chi connectivity index (χ3v) is 3.27. The summed E-state index contributed by atoms with van der Waals surface area (Å²) in [6.45, 7) is 3.66. The predicted molar refractivity (Wildman–Crippen MR) is 65.2 cm³/mol. The quantitative estimate of drug-likeness (QED) is 0.794. The minimum absolute atomic E-state index is 0.00185. The molecule has 88 valence electrons. The monoisotopic (exact) mass is 240 g/mol. The zero-order valence-corrected chi connectivity index (χ0v) is 10.5. The van der Waals surface area contributed by atoms with Gasteiger partial charge in [-0.1, -0.05) is 19.9 Å². The molecule has 0 fully saturated rings. The number of thioether (sulfide) groups is 1. The van der Waals surface area contributed by atoms with Gasteiger partial charge in [0.2, 0.25) is 0 Å². The second kappa shape index (κ2) is 4.78. The lowest BCUT2D eigenvalue weighted by atomic mass is 9.81. The van der Waals surface area contributed by atoms with Crippen molar-refractivity contribution in [2.75, 3.05) is 6.26 Å². The average molecular weight is 240 g/mol. The van der Waals surface area contributed by atoms with Crippen molar-refractivity contribution < 1.29 is 15.0 Å². The Hall–Kier alpha value is -1.16. The highest BCUT2D eigenvalue weighted by molar-refractivity contribution is 7.98. The highest BCUT2D eigenvalue weighted by Gasteiger charge is 2.29. The number of rotatable bonds is 4. The molecule has 0 aliphatic carbocycles. The van der Waals surface area contributed by atoms with Gasteiger partial charge < -0.3 is 10.2 Å². The highest BCUT2D eigenvalue weighted by atomic mass is 32.2. The highest BCUT2D eigenvalue weighted by Crippen LogP contribution is 2.39. The van der Waals surface area contributed by atoms with Crippen LogP contribution in [0.25, 0.3) is 0 Å². The fraction of sp³-hybridized carbons (Fsp3) is 0.417. The van der Waals surface area contributed by atoms with Gasteiger partial charge in [-0.3, -0.25) is 4.79 Å². The van der Waals surface area contributed by atoms with Crippen LogP contribution in [-0.4, -0.2) is 22.4 Å². The summed E-state index contributed by atoms with van der Waals surface area (Å²) in [6.07, 6.45) is 1.91. The van der Waals surface area contributed by atoms with Crippen LogP contribution in [0.2, 0.25) is 0 Å². The Kier molecular flexibility index (Phi) is 3.86. The molecule has 2 N–H and O–H groups in total. The van der Waals surface area contributed by atoms with Crippen LogP contribution in [0, 0.1) is 0 Å². The van der Waals surface area contributed by atoms with E-state index in [0.29, 0.717) is 5.56 Å². The van der Waals surface area contributed by atoms with Gasteiger partial charge in [-0.15, -0.1) is 11.8 Å². The molecule has 0 aliphatic rings. The summed E-state index contributed by atoms with van der Waals surface area (Å²) < 4.78 is 0. The van der Waals surface area contributed by atoms with Crippen LogP contribution in [0.4, 0.5) is 0 Å². The molecule has 3 nitrogen and oxygen atoms in total. The van der Waals surface area contributed by atoms with Gasteiger partial charge in [0.15, 0.2) is 0 Å². The molecule has 0 heterocycles. The molecule has 0 amide bonds. The normalized spacial score (nSPS) is 11.4. The first-order valence-electron chi connectivity index (χ1n) is 4.96. The molecule has 1 aromatic carbocycles. The smallest absolute Gasteiger partial charge is 0.304 e. The molecule has 1 rings (SSSR count). The summed E-state index contributed by atoms with van der Waals surface area (Å²) in [7, 11) is 0. The van der Waals surface area contributed by atoms with Gasteiger partial charge in [0.05, 0.1) is 6.42 Å². The molecule has 0 saturated carbocycles. The number of aliphatic carboxylic acids is 1. The fourth-order valence-electron chi connectivity index (χ4n) is 1.84. The van der Waals surface area contributed by atoms with Gasteiger partial charge in [-0.05, 0) is 18.4 Å². The first kappa shape index (κ1) is 12.9. The van der Waals surface area contributed by atoms with E-state index in [1.165, 1.54) is 11.8 Å². The number of phenols is 1. The van der Waals surface area contributed by atoms with Gasteiger partial charge >= 0.3 is 5.97 Å². The van der Waals surface area contributed by atoms with Crippen LogP contribution in [0.1, 0.15) is 25.8 Å². The molecule has 0 unspecified atom stereocenters. The van der Waals surface area contributed by atoms with Crippen molar-refractivity contribution >= 4 is 17.7 Å². The Morgan fingerprint density at radius 3 is 2.56 bits per heavy atom. The molecule has 4 heteroatoms. The number of hydrogen-bond acceptors (Lipinski definition) is 3. The van der Waals surface area contributed by atoms with Crippen LogP contribution in [0.3, 0.4) is 0 Å². The topological polar surface area (TPSA) is 57.5 Å². The maximum absolute atomic E-state index is 10.8. The number of aromatic hydroxyl groups is 1. The molecule has 0 radical (unpaired) electrons. The van der Waals surface area contributed by atoms with E-state index < -0.39 is 11.4 Å². The van der Waals surface area contributed by atoms with E-state index in [-0.39, 0.29) is 12.2 Å². The number of hydrogen-bond donors (Lipinski definition) is 2. The summed E-state index contributed by atoms with van der Waals surface area (Å²) in [5.41, 5.74) is 0.139. The van der Waals surface area contributed by atoms with E-state index in [1.807, 2.05) is 26.2 Å². The molecule has 1 aromatic rings. The van der Waals surface area contributed by atoms with E-state index in [0.717, 1.165) is 4.90 Å². The minimum Gasteiger partial charge on any atom is -0.508 e. The summed E-state index contributed by atoms with van der Waals surface area (Å²) in [4.78, 5) is 11.7. The first-order valence-corrected chi connectivity index (χ1v) is 6.19. The van der Waals surface area contributed by atoms with Gasteiger partial charge in [0.1, 0.15) is 5.75 Å². The predicted octanol–water partition coefficient (Wildman–Crippen LogP) is 2.87. The standard InChI is InChI=1S/C12H16O3S/c1-12(2,7-10(14)15)11-8(13)5-4-6-9(11)16-3/h4-6,13H,7H2,1-3H3,(H,14,15). The molecular weight excluding hydrogens is 224 g/mol. The Morgan fingerprint density at radius 2 is 2.06 bits per heavy atom. The number of phenolic OH excluding ortho intramolecular Hbond substituents is 1. The minimum atomic E-state index is -0.861. The van der Waals surface area contributed by atoms with Crippen molar-refractivity contribution in [1.82, 2.24) is 0 Å². The van der Waals surface area contributed by atoms with Crippen LogP contribution in [0.5, 0.6) is 5.75 Å². The van der Waals surface area contributed by atoms with E-state index in [4.69, 9.17) is 5.11 Å². The fourth-order valence-corrected chi connectivity index (χ4v) is 2.64. The lowest BCUT2D eigenvalue weighted by Crippen LogP contribution is -2.22. The molecular formula is C12H16O3S. The molecule has 0 aliphatic heterocycles. The Morgan fingerprint density at radius 1 is 1.44 bits per heavy atom. The van der Waals surface area contributed by atoms with Crippen molar-refractivity contribution in [3.8, 4) is 5.75 Å². The summed E-state index contributed by atoms with van der Waals surface area (Å²) in [5, 5.41) is 18.7. The summed E-state index contributed by atoms with van der Waals surface area (Å²) in [6, 6.07) is 5.25. The van der Waals surface area contributed by atoms with Gasteiger partial charge in [-0.25, -0.2) is 0 Å². The number of carboxylic acids is 1. The maximum atomic E-state index is 10.8. The largest absolute Gasteiger partial charge is 0.508 e. The van der Waals surface area contributed by atoms with Gasteiger partial charge in [0, 0.05) is 15.9 Å². The van der Waals surface area contributed by atoms with Crippen molar-refractivity contribution in [3.63, 3.8) is 0 Å². The lowest BCUT2D eigenvalue weighted by Gasteiger charge is -2.26. The van der Waals surface area contributed by atoms with Gasteiger partial charge in [0.25, 0.3) is 0 Å². The summed E-state index contributed by atoms with van der Waals surface area (Å²) in [5.74, 6) is -0.696. The molecule has 0 aromatic heterocycles. The molecule has 0 bridgehead atoms. The zero-order valence-electron chi connectivity index (χ0n) is 9.65. The van der Waals surface area contributed by atoms with Crippen molar-refractivity contribution in [2.45, 2.75) is 30.6 Å². The molecule has 16 heavy (non-hydrogen) atoms. The molecule has 0 saturated heterocycles. The second-order valence-corrected chi connectivity index (χ2v) is 5.16. The van der Waals surface area contributed by atoms with E-state index >= 15 is 0 Å². The summed E-state index contributed by atoms with van der Waals surface area (Å²) >= 11 is 1.51. The Labute approximate surface area is 99.5 Å². The van der Waals surface area contributed by atoms with Crippen molar-refractivity contribution in [3.05, 3.63) is 23.8 Å². The Balaban J connectivity index is 3.24. The van der Waals surface area contributed by atoms with Crippen LogP contribution in [-0.2, 0) is 10.2 Å². The van der Waals surface area contributed by atoms with Crippen LogP contribution < -0.4 is 0 Å². The third kappa shape index (κ3) is 2.70. The van der Waals surface area contributed by atoms with Crippen LogP contribution in [0.15, 0.2) is 23.1 Å². The van der Waals surface area contributed by atoms with E-state index in [1.54, 1.807) is 12.1 Å². The van der Waals surface area contributed by atoms with E-state index in [2.05, 4.69) is 0 Å². The molecule has 0 spiro atoms. The van der Waals surface area contributed by atoms with Crippen molar-refractivity contribution in [1.29, 1.82) is 0 Å². The Bertz CT molecular complexity index is 399. The first-order chi connectivity index (χ1) is 7.38. The third-order valence-electron chi connectivity index (χ3n) is 2.49. The second-order valence-electron chi connectivity index (χ2n) is 4.31. The maximum Gasteiger partial charge on any atom is 0.304 e. The zero-order chi connectivity index (χ0) is 12.3. The molecule has 0 atom stereocenters. The van der Waals surface area contributed by atoms with E-state index in [9.17, 15) is 9.90 Å². The van der Waals surface area contributed by atoms with Crippen molar-refractivity contribution in [2.24, 2.45) is 0 Å². The average Bonchev–Trinajstić information content (AvgIpc) is 2.14. The van der Waals surface area contributed by atoms with Crippen LogP contribution >= 0.6 is 11.8 Å². The van der Waals surface area contributed by atoms with Gasteiger partial charge in [-0.2, -0.15) is 0 Å². The lowest BCUT2D eigenvalue weighted by molar-refractivity contribution is -0.138. The SMILES string of the molecule is CSc1cccc(O)c1C(C)(C)CC(=O)O.